The molecule has 150 valence electrons. The molecule has 0 fully saturated rings. The van der Waals surface area contributed by atoms with Crippen molar-refractivity contribution in [3.05, 3.63) is 57.8 Å². The zero-order valence-electron chi connectivity index (χ0n) is 16.6. The Hall–Kier alpha value is -1.85. The maximum Gasteiger partial charge on any atom is 0.243 e. The molecule has 0 radical (unpaired) electrons. The third kappa shape index (κ3) is 4.26. The molecular formula is C22H27ClN2O2S. The first kappa shape index (κ1) is 20.9. The summed E-state index contributed by atoms with van der Waals surface area (Å²) in [4.78, 5) is 30.8. The lowest BCUT2D eigenvalue weighted by molar-refractivity contribution is -0.143. The van der Waals surface area contributed by atoms with Gasteiger partial charge in [0.15, 0.2) is 0 Å². The molecule has 6 heteroatoms. The van der Waals surface area contributed by atoms with Crippen LogP contribution in [0.3, 0.4) is 0 Å². The van der Waals surface area contributed by atoms with Crippen LogP contribution in [0.2, 0.25) is 0 Å². The lowest BCUT2D eigenvalue weighted by atomic mass is 9.93. The average molecular weight is 419 g/mol. The van der Waals surface area contributed by atoms with E-state index in [0.29, 0.717) is 6.54 Å². The van der Waals surface area contributed by atoms with Gasteiger partial charge >= 0.3 is 0 Å². The van der Waals surface area contributed by atoms with Gasteiger partial charge in [-0.25, -0.2) is 0 Å². The van der Waals surface area contributed by atoms with Gasteiger partial charge in [0.05, 0.1) is 6.04 Å². The average Bonchev–Trinajstić information content (AvgIpc) is 3.19. The van der Waals surface area contributed by atoms with E-state index in [9.17, 15) is 9.59 Å². The highest BCUT2D eigenvalue weighted by atomic mass is 35.5. The van der Waals surface area contributed by atoms with Crippen molar-refractivity contribution in [3.8, 4) is 0 Å². The first-order chi connectivity index (χ1) is 13.4. The predicted molar refractivity (Wildman–Crippen MR) is 115 cm³/mol. The summed E-state index contributed by atoms with van der Waals surface area (Å²) in [6.45, 7) is 6.36. The Labute approximate surface area is 176 Å². The summed E-state index contributed by atoms with van der Waals surface area (Å²) in [5.41, 5.74) is 2.30. The second kappa shape index (κ2) is 9.10. The molecule has 0 aliphatic carbocycles. The van der Waals surface area contributed by atoms with E-state index in [4.69, 9.17) is 11.6 Å². The van der Waals surface area contributed by atoms with Gasteiger partial charge in [0.2, 0.25) is 11.8 Å². The molecular weight excluding hydrogens is 392 g/mol. The van der Waals surface area contributed by atoms with Crippen molar-refractivity contribution in [2.45, 2.75) is 51.1 Å². The molecule has 0 saturated heterocycles. The van der Waals surface area contributed by atoms with Crippen LogP contribution in [0.1, 0.15) is 49.2 Å². The second-order valence-corrected chi connectivity index (χ2v) is 8.94. The van der Waals surface area contributed by atoms with E-state index in [2.05, 4.69) is 23.6 Å². The molecule has 3 rings (SSSR count). The first-order valence-electron chi connectivity index (χ1n) is 9.79. The number of rotatable bonds is 6. The summed E-state index contributed by atoms with van der Waals surface area (Å²) in [6, 6.07) is 12.1. The van der Waals surface area contributed by atoms with Crippen molar-refractivity contribution in [2.75, 3.05) is 13.1 Å². The minimum Gasteiger partial charge on any atom is -0.330 e. The van der Waals surface area contributed by atoms with Gasteiger partial charge in [-0.15, -0.1) is 22.9 Å². The van der Waals surface area contributed by atoms with Crippen LogP contribution in [0.25, 0.3) is 0 Å². The number of fused-ring (bicyclic) bond motifs is 1. The fraction of sp³-hybridized carbons (Fsp3) is 0.455. The van der Waals surface area contributed by atoms with E-state index in [-0.39, 0.29) is 30.4 Å². The van der Waals surface area contributed by atoms with Crippen molar-refractivity contribution in [1.29, 1.82) is 0 Å². The third-order valence-electron chi connectivity index (χ3n) is 5.45. The smallest absolute Gasteiger partial charge is 0.243 e. The quantitative estimate of drug-likeness (QED) is 0.649. The van der Waals surface area contributed by atoms with Crippen LogP contribution in [0.4, 0.5) is 0 Å². The summed E-state index contributed by atoms with van der Waals surface area (Å²) >= 11 is 7.80. The molecule has 3 atom stereocenters. The molecule has 3 unspecified atom stereocenters. The van der Waals surface area contributed by atoms with Crippen LogP contribution in [-0.2, 0) is 16.0 Å². The molecule has 0 saturated carbocycles. The van der Waals surface area contributed by atoms with E-state index >= 15 is 0 Å². The number of hydrogen-bond acceptors (Lipinski definition) is 3. The summed E-state index contributed by atoms with van der Waals surface area (Å²) in [5.74, 6) is -0.217. The summed E-state index contributed by atoms with van der Waals surface area (Å²) in [5, 5.41) is 1.45. The normalized spacial score (nSPS) is 18.3. The minimum absolute atomic E-state index is 0.0309. The molecule has 4 nitrogen and oxygen atoms in total. The Morgan fingerprint density at radius 2 is 1.96 bits per heavy atom. The Morgan fingerprint density at radius 3 is 2.61 bits per heavy atom. The number of carbonyl (C=O) groups excluding carboxylic acids is 2. The van der Waals surface area contributed by atoms with E-state index in [1.54, 1.807) is 23.2 Å². The van der Waals surface area contributed by atoms with Gasteiger partial charge in [0.25, 0.3) is 0 Å². The second-order valence-electron chi connectivity index (χ2n) is 7.29. The topological polar surface area (TPSA) is 40.6 Å². The Morgan fingerprint density at radius 1 is 1.25 bits per heavy atom. The Balaban J connectivity index is 1.90. The van der Waals surface area contributed by atoms with Crippen LogP contribution in [0.15, 0.2) is 41.8 Å². The van der Waals surface area contributed by atoms with E-state index in [1.165, 1.54) is 10.4 Å². The monoisotopic (exact) mass is 418 g/mol. The minimum atomic E-state index is -0.642. The highest BCUT2D eigenvalue weighted by Gasteiger charge is 2.35. The van der Waals surface area contributed by atoms with Crippen molar-refractivity contribution < 1.29 is 9.59 Å². The SMILES string of the molecule is CCC(C)N(CC(=O)N1CCc2sccc2C1c1ccccc1)C(=O)C(C)Cl. The van der Waals surface area contributed by atoms with Crippen molar-refractivity contribution in [3.63, 3.8) is 0 Å². The molecule has 2 heterocycles. The number of benzene rings is 1. The predicted octanol–water partition coefficient (Wildman–Crippen LogP) is 4.48. The van der Waals surface area contributed by atoms with Gasteiger partial charge in [0.1, 0.15) is 11.9 Å². The molecule has 0 N–H and O–H groups in total. The molecule has 1 aliphatic rings. The zero-order chi connectivity index (χ0) is 20.3. The van der Waals surface area contributed by atoms with E-state index in [1.807, 2.05) is 36.9 Å². The molecule has 2 aromatic rings. The van der Waals surface area contributed by atoms with Crippen LogP contribution >= 0.6 is 22.9 Å². The number of nitrogens with zero attached hydrogens (tertiary/aromatic N) is 2. The largest absolute Gasteiger partial charge is 0.330 e. The van der Waals surface area contributed by atoms with Crippen LogP contribution in [0.5, 0.6) is 0 Å². The highest BCUT2D eigenvalue weighted by molar-refractivity contribution is 7.10. The van der Waals surface area contributed by atoms with Gasteiger partial charge in [-0.05, 0) is 49.3 Å². The van der Waals surface area contributed by atoms with Gasteiger partial charge in [-0.1, -0.05) is 37.3 Å². The van der Waals surface area contributed by atoms with Gasteiger partial charge < -0.3 is 9.80 Å². The maximum absolute atomic E-state index is 13.4. The fourth-order valence-corrected chi connectivity index (χ4v) is 4.75. The summed E-state index contributed by atoms with van der Waals surface area (Å²) < 4.78 is 0. The van der Waals surface area contributed by atoms with Crippen molar-refractivity contribution in [1.82, 2.24) is 9.80 Å². The molecule has 28 heavy (non-hydrogen) atoms. The van der Waals surface area contributed by atoms with Crippen molar-refractivity contribution >= 4 is 34.8 Å². The number of hydrogen-bond donors (Lipinski definition) is 0. The lowest BCUT2D eigenvalue weighted by Crippen LogP contribution is -2.50. The molecule has 0 spiro atoms. The van der Waals surface area contributed by atoms with Gasteiger partial charge in [-0.3, -0.25) is 9.59 Å². The number of halogens is 1. The molecule has 1 aliphatic heterocycles. The number of amides is 2. The van der Waals surface area contributed by atoms with Gasteiger partial charge in [0, 0.05) is 17.5 Å². The molecule has 1 aromatic heterocycles. The van der Waals surface area contributed by atoms with Gasteiger partial charge in [-0.2, -0.15) is 0 Å². The van der Waals surface area contributed by atoms with E-state index in [0.717, 1.165) is 18.4 Å². The zero-order valence-corrected chi connectivity index (χ0v) is 18.2. The van der Waals surface area contributed by atoms with E-state index < -0.39 is 5.38 Å². The summed E-state index contributed by atoms with van der Waals surface area (Å²) in [6.07, 6.45) is 1.63. The first-order valence-corrected chi connectivity index (χ1v) is 11.1. The van der Waals surface area contributed by atoms with Crippen molar-refractivity contribution in [2.24, 2.45) is 0 Å². The number of alkyl halides is 1. The Bertz CT molecular complexity index is 821. The van der Waals surface area contributed by atoms with Crippen LogP contribution < -0.4 is 0 Å². The standard InChI is InChI=1S/C22H27ClN2O2S/c1-4-15(2)25(22(27)16(3)23)14-20(26)24-12-10-19-18(11-13-28-19)21(24)17-8-6-5-7-9-17/h5-9,11,13,15-16,21H,4,10,12,14H2,1-3H3. The summed E-state index contributed by atoms with van der Waals surface area (Å²) in [7, 11) is 0. The molecule has 1 aromatic carbocycles. The number of thiophene rings is 1. The number of carbonyl (C=O) groups is 2. The highest BCUT2D eigenvalue weighted by Crippen LogP contribution is 2.37. The van der Waals surface area contributed by atoms with Crippen LogP contribution in [0, 0.1) is 0 Å². The van der Waals surface area contributed by atoms with Crippen LogP contribution in [-0.4, -0.2) is 46.1 Å². The Kier molecular flexibility index (Phi) is 6.78. The molecule has 0 bridgehead atoms. The third-order valence-corrected chi connectivity index (χ3v) is 6.64. The lowest BCUT2D eigenvalue weighted by Gasteiger charge is -2.38. The maximum atomic E-state index is 13.4. The fourth-order valence-electron chi connectivity index (χ4n) is 3.72. The molecule has 2 amide bonds.